The molecule has 10 nitrogen and oxygen atoms in total. The number of carbonyl (C=O) groups is 3. The number of hydrogen-bond acceptors (Lipinski definition) is 7. The number of fused-ring (bicyclic) bond motifs is 2. The first-order valence-corrected chi connectivity index (χ1v) is 16.9. The molecule has 4 aliphatic rings. The van der Waals surface area contributed by atoms with Gasteiger partial charge >= 0.3 is 11.9 Å². The van der Waals surface area contributed by atoms with Crippen LogP contribution in [-0.4, -0.2) is 99.2 Å². The van der Waals surface area contributed by atoms with Crippen LogP contribution in [0.5, 0.6) is 5.75 Å². The van der Waals surface area contributed by atoms with Gasteiger partial charge in [0.25, 0.3) is 0 Å². The molecule has 0 saturated carbocycles. The van der Waals surface area contributed by atoms with E-state index >= 15 is 0 Å². The van der Waals surface area contributed by atoms with Crippen molar-refractivity contribution in [2.24, 2.45) is 0 Å². The number of para-hydroxylation sites is 1. The Labute approximate surface area is 284 Å². The molecule has 2 aromatic rings. The minimum atomic E-state index is -1.37. The number of carboxylic acid groups (broad SMARTS) is 2. The van der Waals surface area contributed by atoms with Crippen molar-refractivity contribution in [3.05, 3.63) is 86.2 Å². The average molecular weight is 684 g/mol. The van der Waals surface area contributed by atoms with Crippen LogP contribution in [-0.2, 0) is 20.8 Å². The summed E-state index contributed by atoms with van der Waals surface area (Å²) in [5.41, 5.74) is 0.589. The molecule has 2 aromatic carbocycles. The molecule has 250 valence electrons. The summed E-state index contributed by atoms with van der Waals surface area (Å²) in [6, 6.07) is 13.2. The maximum atomic E-state index is 13.8. The lowest BCUT2D eigenvalue weighted by atomic mass is 9.78. The van der Waals surface area contributed by atoms with E-state index in [1.807, 2.05) is 0 Å². The molecule has 4 aliphatic heterocycles. The molecular weight excluding hydrogens is 643 g/mol. The Morgan fingerprint density at radius 2 is 1.40 bits per heavy atom. The second kappa shape index (κ2) is 13.9. The SMILES string of the molecule is CN1C2CCC1CC(N1CCN(C(=O)CC3=C(C(=O)O)C(c4c(Cl)cccc4Cl)C(C(=O)O)=C(CCc4ccccc4O)N3)CC1)C2. The summed E-state index contributed by atoms with van der Waals surface area (Å²) >= 11 is 13.2. The normalized spacial score (nSPS) is 25.2. The zero-order valence-corrected chi connectivity index (χ0v) is 27.8. The largest absolute Gasteiger partial charge is 0.508 e. The van der Waals surface area contributed by atoms with Gasteiger partial charge in [-0.3, -0.25) is 9.69 Å². The summed E-state index contributed by atoms with van der Waals surface area (Å²) in [6.07, 6.45) is 4.92. The zero-order chi connectivity index (χ0) is 33.4. The van der Waals surface area contributed by atoms with Crippen LogP contribution >= 0.6 is 23.2 Å². The molecule has 2 bridgehead atoms. The third kappa shape index (κ3) is 6.74. The molecule has 0 spiro atoms. The van der Waals surface area contributed by atoms with Gasteiger partial charge in [0.05, 0.1) is 23.5 Å². The van der Waals surface area contributed by atoms with Crippen LogP contribution in [0.1, 0.15) is 55.6 Å². The number of halogens is 2. The number of benzene rings is 2. The van der Waals surface area contributed by atoms with E-state index in [1.165, 1.54) is 25.0 Å². The molecule has 0 aliphatic carbocycles. The molecule has 6 rings (SSSR count). The number of allylic oxidation sites excluding steroid dienone is 1. The number of nitrogens with one attached hydrogen (secondary N) is 1. The number of carbonyl (C=O) groups excluding carboxylic acids is 1. The van der Waals surface area contributed by atoms with Gasteiger partial charge in [0.2, 0.25) is 5.91 Å². The van der Waals surface area contributed by atoms with Crippen LogP contribution in [0.15, 0.2) is 65.0 Å². The van der Waals surface area contributed by atoms with Crippen LogP contribution in [0.3, 0.4) is 0 Å². The van der Waals surface area contributed by atoms with Gasteiger partial charge < -0.3 is 30.4 Å². The van der Waals surface area contributed by atoms with Crippen molar-refractivity contribution in [1.29, 1.82) is 0 Å². The molecular formula is C35H40Cl2N4O6. The summed E-state index contributed by atoms with van der Waals surface area (Å²) in [6.45, 7) is 2.58. The first-order valence-electron chi connectivity index (χ1n) is 16.2. The monoisotopic (exact) mass is 682 g/mol. The fraction of sp³-hybridized carbons (Fsp3) is 0.457. The summed E-state index contributed by atoms with van der Waals surface area (Å²) < 4.78 is 0. The molecule has 47 heavy (non-hydrogen) atoms. The third-order valence-electron chi connectivity index (χ3n) is 10.5. The van der Waals surface area contributed by atoms with Crippen molar-refractivity contribution < 1.29 is 29.7 Å². The van der Waals surface area contributed by atoms with E-state index < -0.39 is 17.9 Å². The quantitative estimate of drug-likeness (QED) is 0.293. The Bertz CT molecular complexity index is 1600. The van der Waals surface area contributed by atoms with Crippen LogP contribution in [0.25, 0.3) is 0 Å². The predicted molar refractivity (Wildman–Crippen MR) is 178 cm³/mol. The number of hydrogen-bond donors (Lipinski definition) is 4. The average Bonchev–Trinajstić information content (AvgIpc) is 3.22. The van der Waals surface area contributed by atoms with E-state index in [2.05, 4.69) is 22.2 Å². The summed E-state index contributed by atoms with van der Waals surface area (Å²) in [4.78, 5) is 46.4. The maximum Gasteiger partial charge on any atom is 0.334 e. The topological polar surface area (TPSA) is 134 Å². The Morgan fingerprint density at radius 3 is 2.00 bits per heavy atom. The van der Waals surface area contributed by atoms with E-state index in [1.54, 1.807) is 35.2 Å². The minimum absolute atomic E-state index is 0.0655. The number of dihydropyridines is 1. The maximum absolute atomic E-state index is 13.8. The Hall–Kier alpha value is -3.57. The number of carboxylic acids is 2. The number of aliphatic carboxylic acids is 2. The van der Waals surface area contributed by atoms with Gasteiger partial charge in [0, 0.05) is 71.3 Å². The van der Waals surface area contributed by atoms with Crippen molar-refractivity contribution in [3.63, 3.8) is 0 Å². The molecule has 3 fully saturated rings. The number of phenols is 1. The highest BCUT2D eigenvalue weighted by Crippen LogP contribution is 2.45. The van der Waals surface area contributed by atoms with Crippen LogP contribution in [0, 0.1) is 0 Å². The van der Waals surface area contributed by atoms with E-state index in [9.17, 15) is 29.7 Å². The Balaban J connectivity index is 1.27. The number of nitrogens with zero attached hydrogens (tertiary/aromatic N) is 3. The fourth-order valence-electron chi connectivity index (χ4n) is 7.99. The van der Waals surface area contributed by atoms with Crippen molar-refractivity contribution in [2.45, 2.75) is 69.0 Å². The van der Waals surface area contributed by atoms with Crippen molar-refractivity contribution in [1.82, 2.24) is 20.0 Å². The number of piperazine rings is 1. The number of amides is 1. The van der Waals surface area contributed by atoms with Crippen LogP contribution in [0.2, 0.25) is 10.0 Å². The lowest BCUT2D eigenvalue weighted by molar-refractivity contribution is -0.133. The van der Waals surface area contributed by atoms with Crippen LogP contribution in [0.4, 0.5) is 0 Å². The zero-order valence-electron chi connectivity index (χ0n) is 26.3. The second-order valence-corrected chi connectivity index (χ2v) is 13.8. The van der Waals surface area contributed by atoms with Gasteiger partial charge in [-0.25, -0.2) is 9.59 Å². The van der Waals surface area contributed by atoms with Gasteiger partial charge in [0.1, 0.15) is 5.75 Å². The Morgan fingerprint density at radius 1 is 0.809 bits per heavy atom. The van der Waals surface area contributed by atoms with Gasteiger partial charge in [-0.05, 0) is 69.3 Å². The Kier molecular flexibility index (Phi) is 9.85. The van der Waals surface area contributed by atoms with Gasteiger partial charge in [-0.2, -0.15) is 0 Å². The van der Waals surface area contributed by atoms with Crippen molar-refractivity contribution in [3.8, 4) is 5.75 Å². The number of rotatable bonds is 9. The van der Waals surface area contributed by atoms with Crippen LogP contribution < -0.4 is 5.32 Å². The summed E-state index contributed by atoms with van der Waals surface area (Å²) in [5.74, 6) is -4.23. The van der Waals surface area contributed by atoms with E-state index in [-0.39, 0.29) is 69.1 Å². The summed E-state index contributed by atoms with van der Waals surface area (Å²) in [7, 11) is 2.23. The molecule has 4 N–H and O–H groups in total. The highest BCUT2D eigenvalue weighted by atomic mass is 35.5. The molecule has 0 aromatic heterocycles. The standard InChI is InChI=1S/C35H40Cl2N4O6/c1-39-21-10-11-22(39)18-23(17-21)40-13-15-41(16-14-40)29(43)19-27-32(35(46)47)33(30-24(36)6-4-7-25(30)37)31(34(44)45)26(38-27)12-9-20-5-2-3-8-28(20)42/h2-8,21-23,33,38,42H,9-19H2,1H3,(H,44,45)(H,46,47). The molecule has 3 saturated heterocycles. The number of aromatic hydroxyl groups is 1. The number of phenolic OH excluding ortho intramolecular Hbond substituents is 1. The van der Waals surface area contributed by atoms with Gasteiger partial charge in [-0.15, -0.1) is 0 Å². The first kappa shape index (κ1) is 33.3. The highest BCUT2D eigenvalue weighted by molar-refractivity contribution is 6.36. The second-order valence-electron chi connectivity index (χ2n) is 13.0. The molecule has 3 atom stereocenters. The first-order chi connectivity index (χ1) is 22.5. The lowest BCUT2D eigenvalue weighted by Gasteiger charge is -2.45. The van der Waals surface area contributed by atoms with E-state index in [0.717, 1.165) is 25.9 Å². The molecule has 4 heterocycles. The minimum Gasteiger partial charge on any atom is -0.508 e. The van der Waals surface area contributed by atoms with Gasteiger partial charge in [-0.1, -0.05) is 47.5 Å². The molecule has 0 radical (unpaired) electrons. The smallest absolute Gasteiger partial charge is 0.334 e. The molecule has 1 amide bonds. The fourth-order valence-corrected chi connectivity index (χ4v) is 8.60. The van der Waals surface area contributed by atoms with E-state index in [0.29, 0.717) is 36.8 Å². The number of piperidine rings is 1. The summed E-state index contributed by atoms with van der Waals surface area (Å²) in [5, 5.41) is 34.7. The van der Waals surface area contributed by atoms with Crippen molar-refractivity contribution in [2.75, 3.05) is 33.2 Å². The van der Waals surface area contributed by atoms with E-state index in [4.69, 9.17) is 23.2 Å². The number of aryl methyl sites for hydroxylation is 1. The third-order valence-corrected chi connectivity index (χ3v) is 11.2. The lowest BCUT2D eigenvalue weighted by Crippen LogP contribution is -2.56. The van der Waals surface area contributed by atoms with Crippen molar-refractivity contribution >= 4 is 41.0 Å². The molecule has 3 unspecified atom stereocenters. The highest BCUT2D eigenvalue weighted by Gasteiger charge is 2.43. The van der Waals surface area contributed by atoms with Gasteiger partial charge in [0.15, 0.2) is 0 Å². The predicted octanol–water partition coefficient (Wildman–Crippen LogP) is 4.86. The molecule has 12 heteroatoms.